The molecule has 10 heteroatoms. The van der Waals surface area contributed by atoms with Crippen molar-refractivity contribution in [2.24, 2.45) is 76.9 Å². The van der Waals surface area contributed by atoms with Crippen LogP contribution in [0.3, 0.4) is 0 Å². The van der Waals surface area contributed by atoms with E-state index in [2.05, 4.69) is 4.84 Å². The zero-order chi connectivity index (χ0) is 27.1. The standard InChI is InChI=1S/C14H19NO3.C14H20O2.CH3NO3/c16-15(17)18-14-6-8-2-10-9-1-7(4-12(10)14)5-13(14)11(9)3-8;15-13-1-7-8-4-14(16)5-9(7)11(3-13)12(6-14)10(8)2-13;1-5-2(3)4/h7-13H,1-6H2;7-12,15-16H,1-6H2;1H3. The summed E-state index contributed by atoms with van der Waals surface area (Å²) in [5, 5.41) is 39.8. The molecule has 14 saturated carbocycles. The molecule has 0 aromatic carbocycles. The van der Waals surface area contributed by atoms with Crippen molar-refractivity contribution in [1.29, 1.82) is 0 Å². The number of hydrogen-bond donors (Lipinski definition) is 2. The number of rotatable bonds is 3. The Bertz CT molecular complexity index is 958. The van der Waals surface area contributed by atoms with Crippen molar-refractivity contribution in [1.82, 2.24) is 0 Å². The Balaban J connectivity index is 0.000000104. The first kappa shape index (κ1) is 25.1. The molecule has 39 heavy (non-hydrogen) atoms. The molecule has 0 amide bonds. The van der Waals surface area contributed by atoms with Gasteiger partial charge in [-0.3, -0.25) is 0 Å². The van der Waals surface area contributed by atoms with Crippen LogP contribution in [0.1, 0.15) is 77.0 Å². The monoisotopic (exact) mass is 546 g/mol. The lowest BCUT2D eigenvalue weighted by Crippen LogP contribution is -2.72. The van der Waals surface area contributed by atoms with Crippen molar-refractivity contribution in [3.8, 4) is 0 Å². The molecule has 0 heterocycles. The van der Waals surface area contributed by atoms with Crippen LogP contribution in [0.4, 0.5) is 0 Å². The molecule has 0 aliphatic heterocycles. The topological polar surface area (TPSA) is 145 Å². The van der Waals surface area contributed by atoms with Crippen LogP contribution < -0.4 is 0 Å². The second-order valence-corrected chi connectivity index (χ2v) is 15.7. The lowest BCUT2D eigenvalue weighted by Gasteiger charge is -2.73. The second kappa shape index (κ2) is 7.99. The minimum Gasteiger partial charge on any atom is -0.390 e. The summed E-state index contributed by atoms with van der Waals surface area (Å²) >= 11 is 0. The average molecular weight is 547 g/mol. The first-order chi connectivity index (χ1) is 18.5. The van der Waals surface area contributed by atoms with Gasteiger partial charge in [-0.2, -0.15) is 0 Å². The normalized spacial score (nSPS) is 59.9. The third-order valence-corrected chi connectivity index (χ3v) is 14.4. The van der Waals surface area contributed by atoms with Crippen molar-refractivity contribution in [2.45, 2.75) is 93.9 Å². The Labute approximate surface area is 228 Å². The van der Waals surface area contributed by atoms with Gasteiger partial charge < -0.3 is 19.9 Å². The van der Waals surface area contributed by atoms with Crippen LogP contribution in [0.25, 0.3) is 0 Å². The number of nitrogens with zero attached hydrogens (tertiary/aromatic N) is 2. The summed E-state index contributed by atoms with van der Waals surface area (Å²) in [7, 11) is 1.00. The SMILES string of the molecule is CO[N+](=O)[O-].O=[N+]([O-])OC12CC3CC4C5CC(CC41)CC2C5C3.OC12CC3C4CC5(O)CC3C(C1)C(C5)C4C2. The van der Waals surface area contributed by atoms with E-state index in [-0.39, 0.29) is 16.8 Å². The predicted molar refractivity (Wildman–Crippen MR) is 135 cm³/mol. The zero-order valence-corrected chi connectivity index (χ0v) is 22.7. The maximum Gasteiger partial charge on any atom is 0.295 e. The summed E-state index contributed by atoms with van der Waals surface area (Å²) in [6.07, 6.45) is 13.8. The maximum atomic E-state index is 11.0. The molecule has 4 atom stereocenters. The van der Waals surface area contributed by atoms with E-state index >= 15 is 0 Å². The van der Waals surface area contributed by atoms with Crippen LogP contribution in [0.15, 0.2) is 0 Å². The Hall–Kier alpha value is -1.68. The van der Waals surface area contributed by atoms with E-state index in [1.807, 2.05) is 0 Å². The molecule has 0 radical (unpaired) electrons. The summed E-state index contributed by atoms with van der Waals surface area (Å²) in [5.41, 5.74) is -0.944. The van der Waals surface area contributed by atoms with E-state index in [9.17, 15) is 20.3 Å². The molecule has 14 aliphatic rings. The van der Waals surface area contributed by atoms with Crippen LogP contribution in [0.2, 0.25) is 0 Å². The van der Waals surface area contributed by atoms with Gasteiger partial charge in [0.1, 0.15) is 5.60 Å². The molecule has 216 valence electrons. The van der Waals surface area contributed by atoms with E-state index in [1.165, 1.54) is 32.1 Å². The molecule has 0 aromatic rings. The summed E-state index contributed by atoms with van der Waals surface area (Å²) < 4.78 is 0. The van der Waals surface area contributed by atoms with Gasteiger partial charge in [0.2, 0.25) is 0 Å². The first-order valence-corrected chi connectivity index (χ1v) is 15.5. The Kier molecular flexibility index (Phi) is 5.13. The van der Waals surface area contributed by atoms with Gasteiger partial charge in [-0.1, -0.05) is 0 Å². The summed E-state index contributed by atoms with van der Waals surface area (Å²) in [5.74, 6) is 9.60. The van der Waals surface area contributed by atoms with Gasteiger partial charge in [0.15, 0.2) is 0 Å². The summed E-state index contributed by atoms with van der Waals surface area (Å²) in [4.78, 5) is 28.8. The smallest absolute Gasteiger partial charge is 0.295 e. The summed E-state index contributed by atoms with van der Waals surface area (Å²) in [6, 6.07) is 0. The van der Waals surface area contributed by atoms with E-state index < -0.39 is 10.2 Å². The van der Waals surface area contributed by atoms with E-state index in [0.29, 0.717) is 11.8 Å². The molecule has 14 aliphatic carbocycles. The van der Waals surface area contributed by atoms with Gasteiger partial charge in [-0.25, -0.2) is 0 Å². The average Bonchev–Trinajstić information content (AvgIpc) is 2.88. The third kappa shape index (κ3) is 3.39. The lowest BCUT2D eigenvalue weighted by atomic mass is 9.34. The molecular weight excluding hydrogens is 504 g/mol. The van der Waals surface area contributed by atoms with E-state index in [4.69, 9.17) is 15.0 Å². The minimum absolute atomic E-state index is 0.295. The van der Waals surface area contributed by atoms with Gasteiger partial charge in [-0.05, 0) is 154 Å². The van der Waals surface area contributed by atoms with Crippen LogP contribution in [-0.4, -0.2) is 44.3 Å². The fraction of sp³-hybridized carbons (Fsp3) is 1.00. The van der Waals surface area contributed by atoms with Crippen molar-refractivity contribution in [2.75, 3.05) is 7.11 Å². The van der Waals surface area contributed by atoms with Crippen molar-refractivity contribution >= 4 is 0 Å². The maximum absolute atomic E-state index is 11.0. The predicted octanol–water partition coefficient (Wildman–Crippen LogP) is 4.03. The molecule has 4 unspecified atom stereocenters. The Morgan fingerprint density at radius 3 is 1.33 bits per heavy atom. The molecule has 14 fully saturated rings. The largest absolute Gasteiger partial charge is 0.390 e. The molecule has 0 saturated heterocycles. The highest BCUT2D eigenvalue weighted by Gasteiger charge is 2.72. The Morgan fingerprint density at radius 1 is 0.590 bits per heavy atom. The molecule has 16 bridgehead atoms. The van der Waals surface area contributed by atoms with Gasteiger partial charge in [-0.15, -0.1) is 20.2 Å². The quantitative estimate of drug-likeness (QED) is 0.399. The van der Waals surface area contributed by atoms with Crippen molar-refractivity contribution < 1.29 is 30.1 Å². The lowest BCUT2D eigenvalue weighted by molar-refractivity contribution is -0.793. The minimum atomic E-state index is -0.875. The fourth-order valence-electron chi connectivity index (χ4n) is 14.0. The van der Waals surface area contributed by atoms with Gasteiger partial charge in [0, 0.05) is 0 Å². The second-order valence-electron chi connectivity index (χ2n) is 15.7. The molecular formula is C29H42N2O8. The van der Waals surface area contributed by atoms with Crippen LogP contribution in [-0.2, 0) is 9.68 Å². The van der Waals surface area contributed by atoms with Gasteiger partial charge in [0.25, 0.3) is 10.2 Å². The van der Waals surface area contributed by atoms with Crippen molar-refractivity contribution in [3.05, 3.63) is 20.2 Å². The van der Waals surface area contributed by atoms with E-state index in [0.717, 1.165) is 117 Å². The number of aliphatic hydroxyl groups is 2. The Morgan fingerprint density at radius 2 is 0.974 bits per heavy atom. The molecule has 14 rings (SSSR count). The van der Waals surface area contributed by atoms with Crippen LogP contribution in [0.5, 0.6) is 0 Å². The van der Waals surface area contributed by atoms with Crippen LogP contribution >= 0.6 is 0 Å². The number of hydrogen-bond acceptors (Lipinski definition) is 8. The third-order valence-electron chi connectivity index (χ3n) is 14.4. The molecule has 0 spiro atoms. The van der Waals surface area contributed by atoms with Gasteiger partial charge >= 0.3 is 0 Å². The van der Waals surface area contributed by atoms with Crippen molar-refractivity contribution in [3.63, 3.8) is 0 Å². The highest BCUT2D eigenvalue weighted by Crippen LogP contribution is 2.74. The molecule has 10 nitrogen and oxygen atoms in total. The van der Waals surface area contributed by atoms with Gasteiger partial charge in [0.05, 0.1) is 18.3 Å². The molecule has 2 N–H and O–H groups in total. The molecule has 0 aromatic heterocycles. The highest BCUT2D eigenvalue weighted by molar-refractivity contribution is 5.21. The zero-order valence-electron chi connectivity index (χ0n) is 22.7. The van der Waals surface area contributed by atoms with Crippen LogP contribution in [0, 0.1) is 97.2 Å². The van der Waals surface area contributed by atoms with E-state index in [1.54, 1.807) is 0 Å². The summed E-state index contributed by atoms with van der Waals surface area (Å²) in [6.45, 7) is 0. The highest BCUT2D eigenvalue weighted by atomic mass is 17.0. The fourth-order valence-corrected chi connectivity index (χ4v) is 14.0. The first-order valence-electron chi connectivity index (χ1n) is 15.5.